The average molecular weight is 407 g/mol. The van der Waals surface area contributed by atoms with Crippen LogP contribution in [0.5, 0.6) is 11.5 Å². The fourth-order valence-corrected chi connectivity index (χ4v) is 3.22. The Bertz CT molecular complexity index is 638. The van der Waals surface area contributed by atoms with Crippen LogP contribution in [-0.4, -0.2) is 37.4 Å². The van der Waals surface area contributed by atoms with E-state index in [1.807, 2.05) is 20.8 Å². The number of hydrogen-bond donors (Lipinski definition) is 0. The zero-order valence-electron chi connectivity index (χ0n) is 18.1. The summed E-state index contributed by atoms with van der Waals surface area (Å²) in [5, 5.41) is 0. The SMILES string of the molecule is CCCOCCOc1ccc(OC(=O)C2CCC(C(=O)OC(C)(C)C)CC2)cc1. The number of carbonyl (C=O) groups is 2. The van der Waals surface area contributed by atoms with E-state index in [2.05, 4.69) is 6.92 Å². The Labute approximate surface area is 173 Å². The van der Waals surface area contributed by atoms with Gasteiger partial charge in [-0.25, -0.2) is 0 Å². The molecule has 1 fully saturated rings. The summed E-state index contributed by atoms with van der Waals surface area (Å²) in [4.78, 5) is 24.6. The van der Waals surface area contributed by atoms with Crippen molar-refractivity contribution in [2.24, 2.45) is 11.8 Å². The van der Waals surface area contributed by atoms with Crippen molar-refractivity contribution in [3.8, 4) is 11.5 Å². The smallest absolute Gasteiger partial charge is 0.314 e. The molecule has 0 N–H and O–H groups in total. The van der Waals surface area contributed by atoms with Crippen LogP contribution in [0.25, 0.3) is 0 Å². The van der Waals surface area contributed by atoms with Crippen molar-refractivity contribution < 1.29 is 28.5 Å². The second kappa shape index (κ2) is 11.2. The van der Waals surface area contributed by atoms with Crippen LogP contribution < -0.4 is 9.47 Å². The molecule has 0 radical (unpaired) electrons. The Morgan fingerprint density at radius 3 is 1.97 bits per heavy atom. The monoisotopic (exact) mass is 406 g/mol. The Morgan fingerprint density at radius 1 is 0.862 bits per heavy atom. The standard InChI is InChI=1S/C23H34O6/c1-5-14-26-15-16-27-19-10-12-20(13-11-19)28-21(24)17-6-8-18(9-7-17)22(25)29-23(2,3)4/h10-13,17-18H,5-9,14-16H2,1-4H3. The molecule has 0 bridgehead atoms. The summed E-state index contributed by atoms with van der Waals surface area (Å²) in [5.41, 5.74) is -0.481. The van der Waals surface area contributed by atoms with Crippen molar-refractivity contribution >= 4 is 11.9 Å². The van der Waals surface area contributed by atoms with Crippen molar-refractivity contribution in [3.05, 3.63) is 24.3 Å². The Hall–Kier alpha value is -2.08. The molecule has 0 spiro atoms. The van der Waals surface area contributed by atoms with Crippen LogP contribution >= 0.6 is 0 Å². The number of carbonyl (C=O) groups excluding carboxylic acids is 2. The van der Waals surface area contributed by atoms with Gasteiger partial charge in [-0.05, 0) is 77.1 Å². The van der Waals surface area contributed by atoms with Crippen LogP contribution in [0.4, 0.5) is 0 Å². The Kier molecular flexibility index (Phi) is 8.96. The van der Waals surface area contributed by atoms with Gasteiger partial charge in [-0.1, -0.05) is 6.92 Å². The topological polar surface area (TPSA) is 71.1 Å². The van der Waals surface area contributed by atoms with E-state index in [0.29, 0.717) is 50.4 Å². The molecule has 2 rings (SSSR count). The van der Waals surface area contributed by atoms with Gasteiger partial charge in [0.1, 0.15) is 23.7 Å². The fraction of sp³-hybridized carbons (Fsp3) is 0.652. The summed E-state index contributed by atoms with van der Waals surface area (Å²) in [6.07, 6.45) is 3.58. The maximum Gasteiger partial charge on any atom is 0.314 e. The summed E-state index contributed by atoms with van der Waals surface area (Å²) >= 11 is 0. The minimum absolute atomic E-state index is 0.129. The highest BCUT2D eigenvalue weighted by Crippen LogP contribution is 2.32. The summed E-state index contributed by atoms with van der Waals surface area (Å²) in [7, 11) is 0. The van der Waals surface area contributed by atoms with E-state index >= 15 is 0 Å². The highest BCUT2D eigenvalue weighted by molar-refractivity contribution is 5.77. The summed E-state index contributed by atoms with van der Waals surface area (Å²) in [6, 6.07) is 7.02. The molecule has 1 aliphatic carbocycles. The lowest BCUT2D eigenvalue weighted by Crippen LogP contribution is -2.33. The van der Waals surface area contributed by atoms with E-state index in [9.17, 15) is 9.59 Å². The quantitative estimate of drug-likeness (QED) is 0.340. The molecular formula is C23H34O6. The minimum Gasteiger partial charge on any atom is -0.491 e. The lowest BCUT2D eigenvalue weighted by atomic mass is 9.82. The van der Waals surface area contributed by atoms with Gasteiger partial charge >= 0.3 is 11.9 Å². The number of benzene rings is 1. The van der Waals surface area contributed by atoms with Crippen LogP contribution in [0.2, 0.25) is 0 Å². The normalized spacial score (nSPS) is 19.4. The third-order valence-corrected chi connectivity index (χ3v) is 4.69. The van der Waals surface area contributed by atoms with E-state index in [1.54, 1.807) is 24.3 Å². The number of ether oxygens (including phenoxy) is 4. The summed E-state index contributed by atoms with van der Waals surface area (Å²) in [6.45, 7) is 9.43. The number of rotatable bonds is 9. The maximum absolute atomic E-state index is 12.4. The van der Waals surface area contributed by atoms with Crippen LogP contribution in [-0.2, 0) is 19.1 Å². The molecule has 6 nitrogen and oxygen atoms in total. The molecule has 0 atom stereocenters. The zero-order valence-corrected chi connectivity index (χ0v) is 18.1. The lowest BCUT2D eigenvalue weighted by molar-refractivity contribution is -0.162. The van der Waals surface area contributed by atoms with Gasteiger partial charge < -0.3 is 18.9 Å². The molecule has 0 aromatic heterocycles. The maximum atomic E-state index is 12.4. The van der Waals surface area contributed by atoms with Gasteiger partial charge in [0.15, 0.2) is 0 Å². The fourth-order valence-electron chi connectivity index (χ4n) is 3.22. The molecule has 1 saturated carbocycles. The van der Waals surface area contributed by atoms with E-state index in [4.69, 9.17) is 18.9 Å². The molecule has 0 unspecified atom stereocenters. The van der Waals surface area contributed by atoms with E-state index in [1.165, 1.54) is 0 Å². The van der Waals surface area contributed by atoms with Gasteiger partial charge in [-0.3, -0.25) is 9.59 Å². The van der Waals surface area contributed by atoms with Crippen molar-refractivity contribution in [1.82, 2.24) is 0 Å². The average Bonchev–Trinajstić information content (AvgIpc) is 2.68. The van der Waals surface area contributed by atoms with Crippen LogP contribution in [0, 0.1) is 11.8 Å². The van der Waals surface area contributed by atoms with Gasteiger partial charge in [0.05, 0.1) is 18.4 Å². The van der Waals surface area contributed by atoms with E-state index in [0.717, 1.165) is 13.0 Å². The predicted octanol–water partition coefficient (Wildman–Crippen LogP) is 4.55. The predicted molar refractivity (Wildman–Crippen MR) is 110 cm³/mol. The van der Waals surface area contributed by atoms with Gasteiger partial charge in [0, 0.05) is 6.61 Å². The van der Waals surface area contributed by atoms with Crippen molar-refractivity contribution in [1.29, 1.82) is 0 Å². The second-order valence-corrected chi connectivity index (χ2v) is 8.44. The first-order valence-electron chi connectivity index (χ1n) is 10.5. The Balaban J connectivity index is 1.73. The highest BCUT2D eigenvalue weighted by atomic mass is 16.6. The van der Waals surface area contributed by atoms with Crippen LogP contribution in [0.15, 0.2) is 24.3 Å². The first-order valence-corrected chi connectivity index (χ1v) is 10.5. The largest absolute Gasteiger partial charge is 0.491 e. The first-order chi connectivity index (χ1) is 13.8. The van der Waals surface area contributed by atoms with E-state index < -0.39 is 5.60 Å². The minimum atomic E-state index is -0.481. The molecule has 1 aromatic carbocycles. The van der Waals surface area contributed by atoms with Crippen molar-refractivity contribution in [2.75, 3.05) is 19.8 Å². The third kappa shape index (κ3) is 8.44. The molecule has 0 saturated heterocycles. The van der Waals surface area contributed by atoms with Crippen molar-refractivity contribution in [2.45, 2.75) is 65.4 Å². The highest BCUT2D eigenvalue weighted by Gasteiger charge is 2.33. The van der Waals surface area contributed by atoms with Gasteiger partial charge in [-0.2, -0.15) is 0 Å². The molecule has 0 aliphatic heterocycles. The third-order valence-electron chi connectivity index (χ3n) is 4.69. The number of esters is 2. The van der Waals surface area contributed by atoms with Crippen LogP contribution in [0.1, 0.15) is 59.8 Å². The van der Waals surface area contributed by atoms with Gasteiger partial charge in [0.25, 0.3) is 0 Å². The lowest BCUT2D eigenvalue weighted by Gasteiger charge is -2.28. The molecule has 1 aromatic rings. The first kappa shape index (κ1) is 23.2. The van der Waals surface area contributed by atoms with Gasteiger partial charge in [-0.15, -0.1) is 0 Å². The van der Waals surface area contributed by atoms with Crippen LogP contribution in [0.3, 0.4) is 0 Å². The van der Waals surface area contributed by atoms with Gasteiger partial charge in [0.2, 0.25) is 0 Å². The molecule has 0 heterocycles. The molecule has 0 amide bonds. The van der Waals surface area contributed by atoms with E-state index in [-0.39, 0.29) is 23.8 Å². The zero-order chi connectivity index (χ0) is 21.3. The molecule has 1 aliphatic rings. The molecular weight excluding hydrogens is 372 g/mol. The van der Waals surface area contributed by atoms with Crippen molar-refractivity contribution in [3.63, 3.8) is 0 Å². The second-order valence-electron chi connectivity index (χ2n) is 8.44. The summed E-state index contributed by atoms with van der Waals surface area (Å²) < 4.78 is 21.9. The number of hydrogen-bond acceptors (Lipinski definition) is 6. The molecule has 29 heavy (non-hydrogen) atoms. The Morgan fingerprint density at radius 2 is 1.41 bits per heavy atom. The summed E-state index contributed by atoms with van der Waals surface area (Å²) in [5.74, 6) is 0.493. The molecule has 6 heteroatoms. The molecule has 162 valence electrons.